The van der Waals surface area contributed by atoms with Gasteiger partial charge in [-0.15, -0.1) is 0 Å². The molecular weight excluding hydrogens is 342 g/mol. The highest BCUT2D eigenvalue weighted by atomic mass is 16.5. The van der Waals surface area contributed by atoms with Gasteiger partial charge in [0.2, 0.25) is 5.95 Å². The van der Waals surface area contributed by atoms with Gasteiger partial charge in [-0.05, 0) is 22.4 Å². The summed E-state index contributed by atoms with van der Waals surface area (Å²) in [6.45, 7) is 3.32. The molecule has 0 aliphatic carbocycles. The number of hydrogen-bond acceptors (Lipinski definition) is 5. The molecule has 0 radical (unpaired) electrons. The number of aromatic amines is 1. The Kier molecular flexibility index (Phi) is 3.86. The van der Waals surface area contributed by atoms with Crippen molar-refractivity contribution in [1.29, 1.82) is 0 Å². The van der Waals surface area contributed by atoms with Crippen LogP contribution < -0.4 is 10.5 Å². The van der Waals surface area contributed by atoms with Crippen LogP contribution in [-0.2, 0) is 11.3 Å². The molecule has 1 saturated heterocycles. The number of anilines is 1. The van der Waals surface area contributed by atoms with Crippen molar-refractivity contribution in [3.63, 3.8) is 0 Å². The Balaban J connectivity index is 1.54. The highest BCUT2D eigenvalue weighted by Crippen LogP contribution is 2.18. The molecule has 136 valence electrons. The first-order chi connectivity index (χ1) is 13.3. The molecular formula is C20H19N5O2. The fourth-order valence-electron chi connectivity index (χ4n) is 3.52. The van der Waals surface area contributed by atoms with Gasteiger partial charge in [0, 0.05) is 13.1 Å². The first-order valence-electron chi connectivity index (χ1n) is 9.03. The molecule has 0 saturated carbocycles. The third-order valence-corrected chi connectivity index (χ3v) is 4.94. The van der Waals surface area contributed by atoms with E-state index in [2.05, 4.69) is 40.3 Å². The Labute approximate surface area is 155 Å². The molecule has 7 heteroatoms. The zero-order chi connectivity index (χ0) is 18.2. The zero-order valence-corrected chi connectivity index (χ0v) is 14.8. The van der Waals surface area contributed by atoms with Crippen molar-refractivity contribution in [2.45, 2.75) is 6.54 Å². The zero-order valence-electron chi connectivity index (χ0n) is 14.8. The highest BCUT2D eigenvalue weighted by Gasteiger charge is 2.17. The van der Waals surface area contributed by atoms with Gasteiger partial charge in [-0.3, -0.25) is 9.78 Å². The number of hydrogen-bond donors (Lipinski definition) is 1. The Morgan fingerprint density at radius 2 is 1.89 bits per heavy atom. The molecule has 1 N–H and O–H groups in total. The molecule has 5 rings (SSSR count). The highest BCUT2D eigenvalue weighted by molar-refractivity contribution is 5.83. The monoisotopic (exact) mass is 361 g/mol. The van der Waals surface area contributed by atoms with Gasteiger partial charge in [0.15, 0.2) is 11.2 Å². The summed E-state index contributed by atoms with van der Waals surface area (Å²) in [6, 6.07) is 14.7. The number of fused-ring (bicyclic) bond motifs is 2. The van der Waals surface area contributed by atoms with Crippen molar-refractivity contribution in [3.05, 3.63) is 64.7 Å². The summed E-state index contributed by atoms with van der Waals surface area (Å²) in [7, 11) is 0. The number of nitrogens with zero attached hydrogens (tertiary/aromatic N) is 4. The van der Waals surface area contributed by atoms with Crippen molar-refractivity contribution in [2.75, 3.05) is 31.2 Å². The fourth-order valence-corrected chi connectivity index (χ4v) is 3.52. The number of morpholine rings is 1. The van der Waals surface area contributed by atoms with E-state index in [0.29, 0.717) is 50.0 Å². The first kappa shape index (κ1) is 16.0. The van der Waals surface area contributed by atoms with Crippen molar-refractivity contribution < 1.29 is 4.74 Å². The van der Waals surface area contributed by atoms with Crippen molar-refractivity contribution in [3.8, 4) is 0 Å². The third kappa shape index (κ3) is 2.96. The van der Waals surface area contributed by atoms with Gasteiger partial charge < -0.3 is 14.2 Å². The molecule has 4 aromatic rings. The van der Waals surface area contributed by atoms with Crippen molar-refractivity contribution in [2.24, 2.45) is 0 Å². The first-order valence-corrected chi connectivity index (χ1v) is 9.03. The van der Waals surface area contributed by atoms with Gasteiger partial charge in [-0.25, -0.2) is 4.98 Å². The van der Waals surface area contributed by atoms with Gasteiger partial charge in [0.25, 0.3) is 5.56 Å². The van der Waals surface area contributed by atoms with Crippen LogP contribution in [0.25, 0.3) is 21.9 Å². The van der Waals surface area contributed by atoms with E-state index in [0.717, 1.165) is 5.56 Å². The molecule has 27 heavy (non-hydrogen) atoms. The van der Waals surface area contributed by atoms with Crippen LogP contribution in [0, 0.1) is 0 Å². The molecule has 2 aromatic heterocycles. The predicted octanol–water partition coefficient (Wildman–Crippen LogP) is 2.16. The average Bonchev–Trinajstić information content (AvgIpc) is 3.12. The van der Waals surface area contributed by atoms with Gasteiger partial charge >= 0.3 is 0 Å². The van der Waals surface area contributed by atoms with Crippen LogP contribution in [0.3, 0.4) is 0 Å². The smallest absolute Gasteiger partial charge is 0.280 e. The number of benzene rings is 2. The van der Waals surface area contributed by atoms with Crippen LogP contribution in [0.1, 0.15) is 5.56 Å². The van der Waals surface area contributed by atoms with Gasteiger partial charge in [-0.1, -0.05) is 36.4 Å². The van der Waals surface area contributed by atoms with E-state index in [1.165, 1.54) is 10.8 Å². The number of nitrogens with one attached hydrogen (secondary N) is 1. The van der Waals surface area contributed by atoms with Gasteiger partial charge in [0.1, 0.15) is 0 Å². The summed E-state index contributed by atoms with van der Waals surface area (Å²) in [5.41, 5.74) is 1.91. The van der Waals surface area contributed by atoms with E-state index in [1.54, 1.807) is 6.33 Å². The van der Waals surface area contributed by atoms with Crippen LogP contribution in [0.4, 0.5) is 5.95 Å². The second-order valence-electron chi connectivity index (χ2n) is 6.72. The molecule has 0 bridgehead atoms. The maximum Gasteiger partial charge on any atom is 0.280 e. The van der Waals surface area contributed by atoms with Crippen LogP contribution in [0.15, 0.2) is 53.6 Å². The second kappa shape index (κ2) is 6.51. The quantitative estimate of drug-likeness (QED) is 0.605. The molecule has 0 spiro atoms. The second-order valence-corrected chi connectivity index (χ2v) is 6.72. The summed E-state index contributed by atoms with van der Waals surface area (Å²) in [4.78, 5) is 26.3. The maximum absolute atomic E-state index is 12.5. The average molecular weight is 361 g/mol. The Bertz CT molecular complexity index is 1170. The van der Waals surface area contributed by atoms with E-state index in [4.69, 9.17) is 9.72 Å². The molecule has 2 aromatic carbocycles. The van der Waals surface area contributed by atoms with E-state index in [9.17, 15) is 4.79 Å². The van der Waals surface area contributed by atoms with Crippen LogP contribution >= 0.6 is 0 Å². The normalized spacial score (nSPS) is 14.9. The largest absolute Gasteiger partial charge is 0.378 e. The summed E-state index contributed by atoms with van der Waals surface area (Å²) in [6.07, 6.45) is 1.69. The molecule has 1 aliphatic rings. The molecule has 3 heterocycles. The lowest BCUT2D eigenvalue weighted by Gasteiger charge is -2.27. The lowest BCUT2D eigenvalue weighted by atomic mass is 10.1. The van der Waals surface area contributed by atoms with Gasteiger partial charge in [0.05, 0.1) is 26.1 Å². The summed E-state index contributed by atoms with van der Waals surface area (Å²) < 4.78 is 7.31. The number of H-pyrrole nitrogens is 1. The van der Waals surface area contributed by atoms with Crippen LogP contribution in [0.5, 0.6) is 0 Å². The fraction of sp³-hybridized carbons (Fsp3) is 0.250. The number of ether oxygens (including phenoxy) is 1. The summed E-state index contributed by atoms with van der Waals surface area (Å²) >= 11 is 0. The number of aromatic nitrogens is 4. The van der Waals surface area contributed by atoms with E-state index >= 15 is 0 Å². The van der Waals surface area contributed by atoms with Crippen LogP contribution in [0.2, 0.25) is 0 Å². The van der Waals surface area contributed by atoms with Gasteiger partial charge in [-0.2, -0.15) is 4.98 Å². The van der Waals surface area contributed by atoms with E-state index in [-0.39, 0.29) is 5.56 Å². The summed E-state index contributed by atoms with van der Waals surface area (Å²) in [5, 5.41) is 2.40. The van der Waals surface area contributed by atoms with E-state index in [1.807, 2.05) is 21.6 Å². The van der Waals surface area contributed by atoms with Crippen molar-refractivity contribution >= 4 is 27.9 Å². The van der Waals surface area contributed by atoms with E-state index < -0.39 is 0 Å². The molecule has 0 unspecified atom stereocenters. The topological polar surface area (TPSA) is 76.0 Å². The lowest BCUT2D eigenvalue weighted by Crippen LogP contribution is -2.38. The van der Waals surface area contributed by atoms with Crippen molar-refractivity contribution in [1.82, 2.24) is 19.5 Å². The number of rotatable bonds is 3. The lowest BCUT2D eigenvalue weighted by molar-refractivity contribution is 0.122. The SMILES string of the molecule is O=c1[nH]c(N2CCOCC2)nc2c1ncn2Cc1ccc2ccccc2c1. The molecule has 1 fully saturated rings. The minimum Gasteiger partial charge on any atom is -0.378 e. The van der Waals surface area contributed by atoms with Crippen LogP contribution in [-0.4, -0.2) is 45.8 Å². The molecule has 7 nitrogen and oxygen atoms in total. The Morgan fingerprint density at radius 1 is 1.07 bits per heavy atom. The molecule has 0 atom stereocenters. The Hall–Kier alpha value is -3.19. The molecule has 0 amide bonds. The maximum atomic E-state index is 12.5. The standard InChI is InChI=1S/C20H19N5O2/c26-19-17-18(22-20(23-19)24-7-9-27-10-8-24)25(13-21-17)12-14-5-6-15-3-1-2-4-16(15)11-14/h1-6,11,13H,7-10,12H2,(H,22,23,26). The summed E-state index contributed by atoms with van der Waals surface area (Å²) in [5.74, 6) is 0.580. The minimum absolute atomic E-state index is 0.209. The number of imidazole rings is 1. The minimum atomic E-state index is -0.209. The third-order valence-electron chi connectivity index (χ3n) is 4.94. The predicted molar refractivity (Wildman–Crippen MR) is 104 cm³/mol. The molecule has 1 aliphatic heterocycles. The Morgan fingerprint density at radius 3 is 2.74 bits per heavy atom.